The fourth-order valence-electron chi connectivity index (χ4n) is 1.19. The van der Waals surface area contributed by atoms with Crippen LogP contribution in [-0.4, -0.2) is 29.1 Å². The molecule has 0 unspecified atom stereocenters. The van der Waals surface area contributed by atoms with E-state index >= 15 is 0 Å². The zero-order valence-electron chi connectivity index (χ0n) is 9.99. The first-order chi connectivity index (χ1) is 8.19. The third-order valence-corrected chi connectivity index (χ3v) is 1.96. The Hall–Kier alpha value is -1.89. The highest BCUT2D eigenvalue weighted by Crippen LogP contribution is 2.10. The summed E-state index contributed by atoms with van der Waals surface area (Å²) in [5.41, 5.74) is 2.45. The molecule has 0 aromatic carbocycles. The van der Waals surface area contributed by atoms with Crippen molar-refractivity contribution in [3.05, 3.63) is 11.9 Å². The standard InChI is InChI=1S/C10H17N5O2/c1-3-7-13-8(5-9(14-7)15-11)12-6-10(16)17-4-2/h5H,3-4,6,11H2,1-2H3,(H2,12,13,14,15). The molecule has 7 nitrogen and oxygen atoms in total. The van der Waals surface area contributed by atoms with Gasteiger partial charge in [0.25, 0.3) is 0 Å². The van der Waals surface area contributed by atoms with Crippen LogP contribution < -0.4 is 16.6 Å². The van der Waals surface area contributed by atoms with Crippen LogP contribution in [0, 0.1) is 0 Å². The maximum atomic E-state index is 11.2. The van der Waals surface area contributed by atoms with Crippen LogP contribution >= 0.6 is 0 Å². The minimum absolute atomic E-state index is 0.0675. The number of hydrogen-bond acceptors (Lipinski definition) is 7. The number of carbonyl (C=O) groups excluding carboxylic acids is 1. The summed E-state index contributed by atoms with van der Waals surface area (Å²) in [6, 6.07) is 1.62. The van der Waals surface area contributed by atoms with Crippen LogP contribution in [-0.2, 0) is 16.0 Å². The van der Waals surface area contributed by atoms with E-state index in [0.717, 1.165) is 0 Å². The number of carbonyl (C=O) groups is 1. The summed E-state index contributed by atoms with van der Waals surface area (Å²) >= 11 is 0. The Morgan fingerprint density at radius 3 is 2.71 bits per heavy atom. The number of nitrogen functional groups attached to an aromatic ring is 1. The summed E-state index contributed by atoms with van der Waals surface area (Å²) in [5, 5.41) is 2.86. The lowest BCUT2D eigenvalue weighted by Crippen LogP contribution is -2.18. The van der Waals surface area contributed by atoms with Gasteiger partial charge in [0.05, 0.1) is 6.61 Å². The van der Waals surface area contributed by atoms with Gasteiger partial charge in [0.2, 0.25) is 0 Å². The normalized spacial score (nSPS) is 9.82. The lowest BCUT2D eigenvalue weighted by molar-refractivity contribution is -0.140. The van der Waals surface area contributed by atoms with Crippen LogP contribution in [0.25, 0.3) is 0 Å². The van der Waals surface area contributed by atoms with Gasteiger partial charge in [-0.2, -0.15) is 0 Å². The fraction of sp³-hybridized carbons (Fsp3) is 0.500. The summed E-state index contributed by atoms with van der Waals surface area (Å²) in [7, 11) is 0. The summed E-state index contributed by atoms with van der Waals surface area (Å²) in [4.78, 5) is 19.5. The average Bonchev–Trinajstić information content (AvgIpc) is 2.36. The third kappa shape index (κ3) is 4.23. The Bertz CT molecular complexity index is 361. The Kier molecular flexibility index (Phi) is 5.15. The van der Waals surface area contributed by atoms with Crippen LogP contribution in [0.2, 0.25) is 0 Å². The number of aromatic nitrogens is 2. The Morgan fingerprint density at radius 1 is 1.41 bits per heavy atom. The molecular formula is C10H17N5O2. The third-order valence-electron chi connectivity index (χ3n) is 1.96. The molecule has 0 atom stereocenters. The highest BCUT2D eigenvalue weighted by atomic mass is 16.5. The van der Waals surface area contributed by atoms with Crippen molar-refractivity contribution >= 4 is 17.6 Å². The van der Waals surface area contributed by atoms with E-state index in [1.807, 2.05) is 6.92 Å². The number of nitrogens with one attached hydrogen (secondary N) is 2. The van der Waals surface area contributed by atoms with Crippen LogP contribution in [0.3, 0.4) is 0 Å². The molecule has 4 N–H and O–H groups in total. The molecule has 17 heavy (non-hydrogen) atoms. The van der Waals surface area contributed by atoms with Crippen LogP contribution in [0.1, 0.15) is 19.7 Å². The number of nitrogens with zero attached hydrogens (tertiary/aromatic N) is 2. The van der Waals surface area contributed by atoms with Crippen LogP contribution in [0.4, 0.5) is 11.6 Å². The van der Waals surface area contributed by atoms with E-state index in [9.17, 15) is 4.79 Å². The first-order valence-corrected chi connectivity index (χ1v) is 5.43. The summed E-state index contributed by atoms with van der Waals surface area (Å²) in [6.07, 6.45) is 0.684. The molecule has 1 rings (SSSR count). The van der Waals surface area contributed by atoms with Gasteiger partial charge in [-0.05, 0) is 6.92 Å². The largest absolute Gasteiger partial charge is 0.465 e. The molecule has 1 aromatic heterocycles. The number of hydrazine groups is 1. The molecule has 0 saturated heterocycles. The van der Waals surface area contributed by atoms with E-state index in [-0.39, 0.29) is 12.5 Å². The van der Waals surface area contributed by atoms with E-state index in [1.165, 1.54) is 0 Å². The number of anilines is 2. The van der Waals surface area contributed by atoms with Crippen molar-refractivity contribution in [1.29, 1.82) is 0 Å². The Labute approximate surface area is 99.7 Å². The Morgan fingerprint density at radius 2 is 2.12 bits per heavy atom. The molecule has 0 spiro atoms. The maximum Gasteiger partial charge on any atom is 0.325 e. The van der Waals surface area contributed by atoms with Gasteiger partial charge < -0.3 is 15.5 Å². The summed E-state index contributed by atoms with van der Waals surface area (Å²) in [6.45, 7) is 4.12. The summed E-state index contributed by atoms with van der Waals surface area (Å²) in [5.74, 6) is 6.65. The molecule has 0 bridgehead atoms. The van der Waals surface area contributed by atoms with E-state index in [0.29, 0.717) is 30.5 Å². The molecule has 94 valence electrons. The molecule has 1 heterocycles. The summed E-state index contributed by atoms with van der Waals surface area (Å²) < 4.78 is 4.79. The molecule has 0 radical (unpaired) electrons. The average molecular weight is 239 g/mol. The van der Waals surface area contributed by atoms with E-state index in [4.69, 9.17) is 10.6 Å². The zero-order chi connectivity index (χ0) is 12.7. The maximum absolute atomic E-state index is 11.2. The fourth-order valence-corrected chi connectivity index (χ4v) is 1.19. The van der Waals surface area contributed by atoms with E-state index in [1.54, 1.807) is 13.0 Å². The minimum Gasteiger partial charge on any atom is -0.465 e. The lowest BCUT2D eigenvalue weighted by Gasteiger charge is -2.08. The van der Waals surface area contributed by atoms with Crippen molar-refractivity contribution in [1.82, 2.24) is 9.97 Å². The number of ether oxygens (including phenoxy) is 1. The van der Waals surface area contributed by atoms with Gasteiger partial charge in [0.1, 0.15) is 24.0 Å². The SMILES string of the molecule is CCOC(=O)CNc1cc(NN)nc(CC)n1. The lowest BCUT2D eigenvalue weighted by atomic mass is 10.4. The van der Waals surface area contributed by atoms with Gasteiger partial charge in [-0.25, -0.2) is 15.8 Å². The smallest absolute Gasteiger partial charge is 0.325 e. The second-order valence-corrected chi connectivity index (χ2v) is 3.21. The number of esters is 1. The first kappa shape index (κ1) is 13.2. The van der Waals surface area contributed by atoms with Crippen molar-refractivity contribution in [2.75, 3.05) is 23.9 Å². The minimum atomic E-state index is -0.327. The van der Waals surface area contributed by atoms with Gasteiger partial charge in [-0.1, -0.05) is 6.92 Å². The van der Waals surface area contributed by atoms with Crippen LogP contribution in [0.5, 0.6) is 0 Å². The predicted octanol–water partition coefficient (Wildman–Crippen LogP) is 0.300. The number of aryl methyl sites for hydroxylation is 1. The predicted molar refractivity (Wildman–Crippen MR) is 64.3 cm³/mol. The van der Waals surface area contributed by atoms with Gasteiger partial charge >= 0.3 is 5.97 Å². The molecule has 0 amide bonds. The first-order valence-electron chi connectivity index (χ1n) is 5.43. The zero-order valence-corrected chi connectivity index (χ0v) is 9.99. The molecule has 0 aliphatic rings. The molecule has 0 aliphatic heterocycles. The van der Waals surface area contributed by atoms with Crippen molar-refractivity contribution < 1.29 is 9.53 Å². The molecule has 1 aromatic rings. The second-order valence-electron chi connectivity index (χ2n) is 3.21. The molecule has 0 aliphatic carbocycles. The van der Waals surface area contributed by atoms with Gasteiger partial charge in [0.15, 0.2) is 0 Å². The Balaban J connectivity index is 2.66. The monoisotopic (exact) mass is 239 g/mol. The van der Waals surface area contributed by atoms with Crippen molar-refractivity contribution in [2.24, 2.45) is 5.84 Å². The quantitative estimate of drug-likeness (QED) is 0.372. The van der Waals surface area contributed by atoms with Crippen LogP contribution in [0.15, 0.2) is 6.07 Å². The van der Waals surface area contributed by atoms with Crippen molar-refractivity contribution in [3.8, 4) is 0 Å². The molecule has 0 saturated carbocycles. The van der Waals surface area contributed by atoms with Gasteiger partial charge in [-0.15, -0.1) is 0 Å². The number of hydrogen-bond donors (Lipinski definition) is 3. The highest BCUT2D eigenvalue weighted by Gasteiger charge is 2.05. The number of nitrogens with two attached hydrogens (primary N) is 1. The molecule has 0 fully saturated rings. The van der Waals surface area contributed by atoms with Crippen molar-refractivity contribution in [3.63, 3.8) is 0 Å². The van der Waals surface area contributed by atoms with Gasteiger partial charge in [-0.3, -0.25) is 4.79 Å². The highest BCUT2D eigenvalue weighted by molar-refractivity contribution is 5.74. The molecular weight excluding hydrogens is 222 g/mol. The van der Waals surface area contributed by atoms with Gasteiger partial charge in [0, 0.05) is 12.5 Å². The second kappa shape index (κ2) is 6.64. The van der Waals surface area contributed by atoms with E-state index in [2.05, 4.69) is 20.7 Å². The topological polar surface area (TPSA) is 102 Å². The number of rotatable bonds is 6. The molecule has 7 heteroatoms. The van der Waals surface area contributed by atoms with E-state index < -0.39 is 0 Å². The van der Waals surface area contributed by atoms with Crippen molar-refractivity contribution in [2.45, 2.75) is 20.3 Å².